The van der Waals surface area contributed by atoms with Crippen LogP contribution in [0, 0.1) is 0 Å². The van der Waals surface area contributed by atoms with Gasteiger partial charge in [-0.05, 0) is 30.7 Å². The van der Waals surface area contributed by atoms with Crippen molar-refractivity contribution >= 4 is 21.6 Å². The van der Waals surface area contributed by atoms with Crippen molar-refractivity contribution in [1.82, 2.24) is 0 Å². The Balaban J connectivity index is 3.01. The van der Waals surface area contributed by atoms with Gasteiger partial charge in [-0.1, -0.05) is 15.9 Å². The quantitative estimate of drug-likeness (QED) is 0.795. The summed E-state index contributed by atoms with van der Waals surface area (Å²) in [6, 6.07) is 6.46. The van der Waals surface area contributed by atoms with E-state index in [4.69, 9.17) is 15.2 Å². The normalized spacial score (nSPS) is 12.5. The van der Waals surface area contributed by atoms with Crippen LogP contribution in [-0.4, -0.2) is 40.0 Å². The summed E-state index contributed by atoms with van der Waals surface area (Å²) in [6.45, 7) is 4.81. The van der Waals surface area contributed by atoms with E-state index in [-0.39, 0.29) is 6.04 Å². The van der Waals surface area contributed by atoms with Crippen molar-refractivity contribution in [3.8, 4) is 0 Å². The van der Waals surface area contributed by atoms with Crippen molar-refractivity contribution in [3.63, 3.8) is 0 Å². The van der Waals surface area contributed by atoms with E-state index < -0.39 is 0 Å². The van der Waals surface area contributed by atoms with E-state index in [0.29, 0.717) is 19.8 Å². The summed E-state index contributed by atoms with van der Waals surface area (Å²) < 4.78 is 11.5. The zero-order valence-electron chi connectivity index (χ0n) is 11.9. The summed E-state index contributed by atoms with van der Waals surface area (Å²) in [7, 11) is 3.43. The number of benzene rings is 1. The summed E-state index contributed by atoms with van der Waals surface area (Å²) in [6.07, 6.45) is 0. The van der Waals surface area contributed by atoms with Crippen LogP contribution in [0.2, 0.25) is 0 Å². The molecule has 1 aromatic carbocycles. The van der Waals surface area contributed by atoms with Crippen LogP contribution in [0.15, 0.2) is 22.7 Å². The van der Waals surface area contributed by atoms with Crippen LogP contribution in [-0.2, 0) is 16.0 Å². The smallest absolute Gasteiger partial charge is 0.0663 e. The van der Waals surface area contributed by atoms with Crippen molar-refractivity contribution in [2.24, 2.45) is 5.73 Å². The maximum atomic E-state index is 5.85. The Morgan fingerprint density at radius 2 is 2.05 bits per heavy atom. The SMILES string of the molecule is COCCN(c1ccc(Br)cc1CN)C(C)COC. The Kier molecular flexibility index (Phi) is 7.38. The number of hydrogen-bond donors (Lipinski definition) is 1. The molecule has 1 aromatic rings. The average Bonchev–Trinajstić information content (AvgIpc) is 2.40. The van der Waals surface area contributed by atoms with Gasteiger partial charge in [0, 0.05) is 43.5 Å². The highest BCUT2D eigenvalue weighted by atomic mass is 79.9. The molecule has 2 N–H and O–H groups in total. The van der Waals surface area contributed by atoms with E-state index >= 15 is 0 Å². The van der Waals surface area contributed by atoms with Crippen molar-refractivity contribution < 1.29 is 9.47 Å². The Morgan fingerprint density at radius 1 is 1.32 bits per heavy atom. The lowest BCUT2D eigenvalue weighted by molar-refractivity contribution is 0.171. The first-order valence-corrected chi connectivity index (χ1v) is 7.16. The number of rotatable bonds is 8. The molecular weight excluding hydrogens is 308 g/mol. The minimum absolute atomic E-state index is 0.270. The number of anilines is 1. The van der Waals surface area contributed by atoms with E-state index in [1.54, 1.807) is 14.2 Å². The van der Waals surface area contributed by atoms with Crippen LogP contribution in [0.3, 0.4) is 0 Å². The second kappa shape index (κ2) is 8.53. The number of methoxy groups -OCH3 is 2. The molecule has 0 heterocycles. The number of ether oxygens (including phenoxy) is 2. The molecule has 5 heteroatoms. The van der Waals surface area contributed by atoms with Crippen LogP contribution in [0.5, 0.6) is 0 Å². The van der Waals surface area contributed by atoms with E-state index in [0.717, 1.165) is 22.3 Å². The molecule has 0 aliphatic heterocycles. The molecular formula is C14H23BrN2O2. The Bertz CT molecular complexity index is 388. The van der Waals surface area contributed by atoms with Crippen LogP contribution < -0.4 is 10.6 Å². The summed E-state index contributed by atoms with van der Waals surface area (Å²) in [5.74, 6) is 0. The molecule has 4 nitrogen and oxygen atoms in total. The molecule has 19 heavy (non-hydrogen) atoms. The Morgan fingerprint density at radius 3 is 2.63 bits per heavy atom. The lowest BCUT2D eigenvalue weighted by Crippen LogP contribution is -2.39. The predicted molar refractivity (Wildman–Crippen MR) is 82.6 cm³/mol. The van der Waals surface area contributed by atoms with Gasteiger partial charge in [-0.3, -0.25) is 0 Å². The molecule has 0 amide bonds. The first-order chi connectivity index (χ1) is 9.13. The van der Waals surface area contributed by atoms with Gasteiger partial charge in [-0.25, -0.2) is 0 Å². The summed E-state index contributed by atoms with van der Waals surface area (Å²) >= 11 is 3.48. The summed E-state index contributed by atoms with van der Waals surface area (Å²) in [5.41, 5.74) is 8.11. The zero-order valence-corrected chi connectivity index (χ0v) is 13.4. The van der Waals surface area contributed by atoms with Gasteiger partial charge < -0.3 is 20.1 Å². The van der Waals surface area contributed by atoms with Gasteiger partial charge in [0.1, 0.15) is 0 Å². The van der Waals surface area contributed by atoms with E-state index in [9.17, 15) is 0 Å². The van der Waals surface area contributed by atoms with Gasteiger partial charge in [0.2, 0.25) is 0 Å². The largest absolute Gasteiger partial charge is 0.383 e. The van der Waals surface area contributed by atoms with Gasteiger partial charge in [-0.2, -0.15) is 0 Å². The van der Waals surface area contributed by atoms with Gasteiger partial charge in [0.05, 0.1) is 13.2 Å². The average molecular weight is 331 g/mol. The fourth-order valence-electron chi connectivity index (χ4n) is 2.10. The van der Waals surface area contributed by atoms with Crippen molar-refractivity contribution in [3.05, 3.63) is 28.2 Å². The molecule has 108 valence electrons. The molecule has 1 atom stereocenters. The third-order valence-electron chi connectivity index (χ3n) is 3.05. The fraction of sp³-hybridized carbons (Fsp3) is 0.571. The second-order valence-electron chi connectivity index (χ2n) is 4.47. The molecule has 0 saturated heterocycles. The highest BCUT2D eigenvalue weighted by Gasteiger charge is 2.17. The van der Waals surface area contributed by atoms with Crippen molar-refractivity contribution in [2.45, 2.75) is 19.5 Å². The summed E-state index contributed by atoms with van der Waals surface area (Å²) in [4.78, 5) is 2.28. The molecule has 0 saturated carbocycles. The zero-order chi connectivity index (χ0) is 14.3. The molecule has 0 fully saturated rings. The van der Waals surface area contributed by atoms with Crippen LogP contribution in [0.25, 0.3) is 0 Å². The third kappa shape index (κ3) is 4.76. The van der Waals surface area contributed by atoms with Gasteiger partial charge in [-0.15, -0.1) is 0 Å². The van der Waals surface area contributed by atoms with Crippen LogP contribution in [0.1, 0.15) is 12.5 Å². The van der Waals surface area contributed by atoms with Crippen molar-refractivity contribution in [2.75, 3.05) is 38.9 Å². The Hall–Kier alpha value is -0.620. The highest BCUT2D eigenvalue weighted by Crippen LogP contribution is 2.26. The number of halogens is 1. The molecule has 0 radical (unpaired) electrons. The summed E-state index contributed by atoms with van der Waals surface area (Å²) in [5, 5.41) is 0. The first-order valence-electron chi connectivity index (χ1n) is 6.37. The standard InChI is InChI=1S/C14H23BrN2O2/c1-11(10-19-3)17(6-7-18-2)14-5-4-13(15)8-12(14)9-16/h4-5,8,11H,6-7,9-10,16H2,1-3H3. The third-order valence-corrected chi connectivity index (χ3v) is 3.54. The Labute approximate surface area is 124 Å². The predicted octanol–water partition coefficient (Wildman–Crippen LogP) is 2.40. The maximum Gasteiger partial charge on any atom is 0.0663 e. The highest BCUT2D eigenvalue weighted by molar-refractivity contribution is 9.10. The molecule has 1 unspecified atom stereocenters. The lowest BCUT2D eigenvalue weighted by atomic mass is 10.1. The molecule has 0 aliphatic carbocycles. The fourth-order valence-corrected chi connectivity index (χ4v) is 2.51. The molecule has 0 aromatic heterocycles. The van der Waals surface area contributed by atoms with E-state index in [1.807, 2.05) is 6.07 Å². The number of nitrogens with zero attached hydrogens (tertiary/aromatic N) is 1. The molecule has 0 spiro atoms. The minimum Gasteiger partial charge on any atom is -0.383 e. The molecule has 0 aliphatic rings. The van der Waals surface area contributed by atoms with E-state index in [1.165, 1.54) is 0 Å². The topological polar surface area (TPSA) is 47.7 Å². The number of hydrogen-bond acceptors (Lipinski definition) is 4. The molecule has 1 rings (SSSR count). The molecule has 0 bridgehead atoms. The monoisotopic (exact) mass is 330 g/mol. The van der Waals surface area contributed by atoms with E-state index in [2.05, 4.69) is 39.9 Å². The maximum absolute atomic E-state index is 5.85. The van der Waals surface area contributed by atoms with Crippen LogP contribution in [0.4, 0.5) is 5.69 Å². The second-order valence-corrected chi connectivity index (χ2v) is 5.38. The van der Waals surface area contributed by atoms with Gasteiger partial charge >= 0.3 is 0 Å². The number of nitrogens with two attached hydrogens (primary N) is 1. The van der Waals surface area contributed by atoms with Gasteiger partial charge in [0.25, 0.3) is 0 Å². The van der Waals surface area contributed by atoms with Gasteiger partial charge in [0.15, 0.2) is 0 Å². The lowest BCUT2D eigenvalue weighted by Gasteiger charge is -2.32. The first kappa shape index (κ1) is 16.4. The minimum atomic E-state index is 0.270. The van der Waals surface area contributed by atoms with Crippen LogP contribution >= 0.6 is 15.9 Å². The van der Waals surface area contributed by atoms with Crippen molar-refractivity contribution in [1.29, 1.82) is 0 Å².